The highest BCUT2D eigenvalue weighted by Crippen LogP contribution is 2.32. The van der Waals surface area contributed by atoms with Gasteiger partial charge in [0.15, 0.2) is 5.75 Å². The van der Waals surface area contributed by atoms with Crippen molar-refractivity contribution in [2.75, 3.05) is 7.11 Å². The van der Waals surface area contributed by atoms with E-state index in [-0.39, 0.29) is 0 Å². The van der Waals surface area contributed by atoms with Gasteiger partial charge < -0.3 is 9.47 Å². The Labute approximate surface area is 135 Å². The topological polar surface area (TPSA) is 53.4 Å². The molecule has 0 unspecified atom stereocenters. The predicted octanol–water partition coefficient (Wildman–Crippen LogP) is 3.91. The van der Waals surface area contributed by atoms with Crippen LogP contribution in [0.3, 0.4) is 0 Å². The Hall–Kier alpha value is -2.34. The molecule has 0 N–H and O–H groups in total. The normalized spacial score (nSPS) is 10.7. The molecule has 112 valence electrons. The lowest BCUT2D eigenvalue weighted by atomic mass is 10.1. The third kappa shape index (κ3) is 2.69. The van der Waals surface area contributed by atoms with Crippen LogP contribution in [0.5, 0.6) is 11.5 Å². The van der Waals surface area contributed by atoms with Crippen molar-refractivity contribution in [1.29, 1.82) is 0 Å². The lowest BCUT2D eigenvalue weighted by molar-refractivity contribution is 0.0600. The number of rotatable bonds is 3. The maximum atomic E-state index is 11.8. The van der Waals surface area contributed by atoms with Crippen molar-refractivity contribution >= 4 is 32.8 Å². The molecule has 3 rings (SSSR count). The summed E-state index contributed by atoms with van der Waals surface area (Å²) in [6, 6.07) is 10.9. The second-order valence-electron chi connectivity index (χ2n) is 4.73. The van der Waals surface area contributed by atoms with E-state index in [1.807, 2.05) is 31.3 Å². The molecular weight excluding hydrogens is 348 g/mol. The van der Waals surface area contributed by atoms with Gasteiger partial charge in [0.05, 0.1) is 18.9 Å². The number of nitrogens with zero attached hydrogens (tertiary/aromatic N) is 2. The van der Waals surface area contributed by atoms with Crippen molar-refractivity contribution < 1.29 is 14.3 Å². The highest BCUT2D eigenvalue weighted by atomic mass is 79.9. The molecule has 5 nitrogen and oxygen atoms in total. The first kappa shape index (κ1) is 14.6. The minimum absolute atomic E-state index is 0.411. The third-order valence-electron chi connectivity index (χ3n) is 3.26. The molecule has 0 aliphatic carbocycles. The number of carbonyl (C=O) groups excluding carboxylic acids is 1. The molecule has 0 spiro atoms. The first-order chi connectivity index (χ1) is 10.6. The fourth-order valence-electron chi connectivity index (χ4n) is 2.22. The molecule has 0 radical (unpaired) electrons. The zero-order chi connectivity index (χ0) is 15.7. The molecule has 0 saturated carbocycles. The Morgan fingerprint density at radius 3 is 2.64 bits per heavy atom. The molecular formula is C16H13BrN2O3. The van der Waals surface area contributed by atoms with Crippen LogP contribution in [0.2, 0.25) is 0 Å². The summed E-state index contributed by atoms with van der Waals surface area (Å²) < 4.78 is 13.4. The van der Waals surface area contributed by atoms with E-state index in [0.717, 1.165) is 15.4 Å². The van der Waals surface area contributed by atoms with Gasteiger partial charge in [-0.15, -0.1) is 0 Å². The number of benzene rings is 2. The van der Waals surface area contributed by atoms with Gasteiger partial charge >= 0.3 is 5.97 Å². The maximum Gasteiger partial charge on any atom is 0.338 e. The van der Waals surface area contributed by atoms with Crippen LogP contribution in [-0.2, 0) is 11.8 Å². The number of methoxy groups -OCH3 is 1. The highest BCUT2D eigenvalue weighted by molar-refractivity contribution is 9.10. The van der Waals surface area contributed by atoms with Crippen molar-refractivity contribution in [3.63, 3.8) is 0 Å². The van der Waals surface area contributed by atoms with Crippen molar-refractivity contribution in [1.82, 2.24) is 9.78 Å². The van der Waals surface area contributed by atoms with Gasteiger partial charge in [-0.3, -0.25) is 4.68 Å². The van der Waals surface area contributed by atoms with Gasteiger partial charge in [-0.1, -0.05) is 15.9 Å². The molecule has 1 heterocycles. The van der Waals surface area contributed by atoms with Crippen LogP contribution in [0.1, 0.15) is 10.4 Å². The van der Waals surface area contributed by atoms with E-state index in [4.69, 9.17) is 9.47 Å². The average Bonchev–Trinajstić information content (AvgIpc) is 2.90. The van der Waals surface area contributed by atoms with E-state index in [2.05, 4.69) is 21.0 Å². The van der Waals surface area contributed by atoms with Crippen LogP contribution in [0, 0.1) is 0 Å². The second-order valence-corrected chi connectivity index (χ2v) is 5.64. The third-order valence-corrected chi connectivity index (χ3v) is 3.79. The van der Waals surface area contributed by atoms with Gasteiger partial charge in [0, 0.05) is 16.9 Å². The predicted molar refractivity (Wildman–Crippen MR) is 86.3 cm³/mol. The molecule has 0 amide bonds. The fraction of sp³-hybridized carbons (Fsp3) is 0.125. The van der Waals surface area contributed by atoms with Gasteiger partial charge in [-0.25, -0.2) is 4.79 Å². The number of ether oxygens (including phenoxy) is 2. The van der Waals surface area contributed by atoms with Crippen LogP contribution >= 0.6 is 15.9 Å². The first-order valence-corrected chi connectivity index (χ1v) is 7.35. The van der Waals surface area contributed by atoms with Gasteiger partial charge in [-0.05, 0) is 36.4 Å². The average molecular weight is 361 g/mol. The van der Waals surface area contributed by atoms with E-state index < -0.39 is 5.97 Å². The number of aryl methyl sites for hydroxylation is 1. The summed E-state index contributed by atoms with van der Waals surface area (Å²) in [5.74, 6) is 0.819. The number of hydrogen-bond donors (Lipinski definition) is 0. The molecule has 2 aromatic carbocycles. The number of aromatic nitrogens is 2. The van der Waals surface area contributed by atoms with Gasteiger partial charge in [0.1, 0.15) is 11.3 Å². The van der Waals surface area contributed by atoms with Crippen molar-refractivity contribution in [2.24, 2.45) is 7.05 Å². The Balaban J connectivity index is 2.11. The lowest BCUT2D eigenvalue weighted by Gasteiger charge is -2.10. The Morgan fingerprint density at radius 1 is 1.23 bits per heavy atom. The van der Waals surface area contributed by atoms with Crippen LogP contribution in [0.15, 0.2) is 47.1 Å². The fourth-order valence-corrected chi connectivity index (χ4v) is 2.49. The Kier molecular flexibility index (Phi) is 3.85. The van der Waals surface area contributed by atoms with E-state index in [1.54, 1.807) is 23.0 Å². The van der Waals surface area contributed by atoms with Crippen molar-refractivity contribution in [3.05, 3.63) is 52.6 Å². The standard InChI is InChI=1S/C16H13BrN2O3/c1-19-15-11(9-18-19)7-10(16(20)21-2)8-14(15)22-13-5-3-12(17)4-6-13/h3-9H,1-2H3. The molecule has 0 aliphatic heterocycles. The monoisotopic (exact) mass is 360 g/mol. The maximum absolute atomic E-state index is 11.8. The van der Waals surface area contributed by atoms with Crippen molar-refractivity contribution in [2.45, 2.75) is 0 Å². The highest BCUT2D eigenvalue weighted by Gasteiger charge is 2.15. The summed E-state index contributed by atoms with van der Waals surface area (Å²) in [7, 11) is 3.18. The number of fused-ring (bicyclic) bond motifs is 1. The number of hydrogen-bond acceptors (Lipinski definition) is 4. The van der Waals surface area contributed by atoms with Gasteiger partial charge in [-0.2, -0.15) is 5.10 Å². The van der Waals surface area contributed by atoms with Gasteiger partial charge in [0.2, 0.25) is 0 Å². The molecule has 6 heteroatoms. The summed E-state index contributed by atoms with van der Waals surface area (Å²) in [6.45, 7) is 0. The molecule has 22 heavy (non-hydrogen) atoms. The number of carbonyl (C=O) groups is 1. The minimum Gasteiger partial charge on any atom is -0.465 e. The first-order valence-electron chi connectivity index (χ1n) is 6.56. The zero-order valence-corrected chi connectivity index (χ0v) is 13.6. The van der Waals surface area contributed by atoms with E-state index in [1.165, 1.54) is 7.11 Å². The molecule has 0 fully saturated rings. The second kappa shape index (κ2) is 5.81. The van der Waals surface area contributed by atoms with Crippen molar-refractivity contribution in [3.8, 4) is 11.5 Å². The van der Waals surface area contributed by atoms with Gasteiger partial charge in [0.25, 0.3) is 0 Å². The summed E-state index contributed by atoms with van der Waals surface area (Å²) >= 11 is 3.39. The molecule has 0 aliphatic rings. The summed E-state index contributed by atoms with van der Waals surface area (Å²) in [6.07, 6.45) is 1.69. The molecule has 0 bridgehead atoms. The molecule has 3 aromatic rings. The molecule has 1 aromatic heterocycles. The Bertz CT molecular complexity index is 840. The van der Waals surface area contributed by atoms with E-state index >= 15 is 0 Å². The van der Waals surface area contributed by atoms with Crippen LogP contribution in [0.4, 0.5) is 0 Å². The van der Waals surface area contributed by atoms with Crippen LogP contribution in [0.25, 0.3) is 10.9 Å². The zero-order valence-electron chi connectivity index (χ0n) is 12.0. The molecule has 0 atom stereocenters. The Morgan fingerprint density at radius 2 is 1.95 bits per heavy atom. The summed E-state index contributed by atoms with van der Waals surface area (Å²) in [4.78, 5) is 11.8. The van der Waals surface area contributed by atoms with Crippen LogP contribution in [-0.4, -0.2) is 22.9 Å². The number of esters is 1. The smallest absolute Gasteiger partial charge is 0.338 e. The molecule has 0 saturated heterocycles. The van der Waals surface area contributed by atoms with E-state index in [0.29, 0.717) is 17.1 Å². The quantitative estimate of drug-likeness (QED) is 0.664. The summed E-state index contributed by atoms with van der Waals surface area (Å²) in [5.41, 5.74) is 1.24. The summed E-state index contributed by atoms with van der Waals surface area (Å²) in [5, 5.41) is 5.03. The SMILES string of the molecule is COC(=O)c1cc(Oc2ccc(Br)cc2)c2c(cnn2C)c1. The minimum atomic E-state index is -0.411. The number of halogens is 1. The largest absolute Gasteiger partial charge is 0.465 e. The lowest BCUT2D eigenvalue weighted by Crippen LogP contribution is -2.02. The van der Waals surface area contributed by atoms with E-state index in [9.17, 15) is 4.79 Å². The van der Waals surface area contributed by atoms with Crippen LogP contribution < -0.4 is 4.74 Å².